The van der Waals surface area contributed by atoms with Crippen molar-refractivity contribution >= 4 is 21.8 Å². The summed E-state index contributed by atoms with van der Waals surface area (Å²) in [7, 11) is 0. The van der Waals surface area contributed by atoms with Gasteiger partial charge in [0.2, 0.25) is 5.88 Å². The zero-order chi connectivity index (χ0) is 17.7. The van der Waals surface area contributed by atoms with E-state index < -0.39 is 5.54 Å². The van der Waals surface area contributed by atoms with Gasteiger partial charge in [-0.2, -0.15) is 5.26 Å². The molecule has 0 spiro atoms. The highest BCUT2D eigenvalue weighted by Gasteiger charge is 2.34. The molecule has 6 nitrogen and oxygen atoms in total. The molecule has 0 unspecified atom stereocenters. The van der Waals surface area contributed by atoms with Gasteiger partial charge in [-0.05, 0) is 30.3 Å². The summed E-state index contributed by atoms with van der Waals surface area (Å²) in [5, 5.41) is 12.2. The first-order valence-electron chi connectivity index (χ1n) is 7.81. The summed E-state index contributed by atoms with van der Waals surface area (Å²) < 4.78 is 11.8. The maximum absolute atomic E-state index is 12.4. The number of rotatable bonds is 4. The molecular weight excluding hydrogens is 386 g/mol. The van der Waals surface area contributed by atoms with Gasteiger partial charge in [0, 0.05) is 42.8 Å². The van der Waals surface area contributed by atoms with Crippen molar-refractivity contribution in [1.82, 2.24) is 10.3 Å². The summed E-state index contributed by atoms with van der Waals surface area (Å²) in [5.41, 5.74) is -0.494. The number of ether oxygens (including phenoxy) is 2. The van der Waals surface area contributed by atoms with Crippen LogP contribution >= 0.6 is 15.9 Å². The molecule has 1 amide bonds. The molecule has 0 aliphatic carbocycles. The molecule has 7 heteroatoms. The fourth-order valence-corrected chi connectivity index (χ4v) is 2.74. The predicted octanol–water partition coefficient (Wildman–Crippen LogP) is 3.44. The van der Waals surface area contributed by atoms with Crippen molar-refractivity contribution in [3.63, 3.8) is 0 Å². The normalized spacial score (nSPS) is 15.8. The Morgan fingerprint density at radius 1 is 1.24 bits per heavy atom. The van der Waals surface area contributed by atoms with Crippen molar-refractivity contribution in [3.05, 3.63) is 52.6 Å². The Morgan fingerprint density at radius 2 is 1.96 bits per heavy atom. The zero-order valence-corrected chi connectivity index (χ0v) is 15.0. The van der Waals surface area contributed by atoms with E-state index in [9.17, 15) is 10.1 Å². The van der Waals surface area contributed by atoms with Crippen LogP contribution in [0.15, 0.2) is 47.1 Å². The van der Waals surface area contributed by atoms with Crippen molar-refractivity contribution < 1.29 is 14.3 Å². The van der Waals surface area contributed by atoms with Crippen molar-refractivity contribution in [2.75, 3.05) is 13.2 Å². The van der Waals surface area contributed by atoms with Crippen LogP contribution in [0.5, 0.6) is 11.6 Å². The van der Waals surface area contributed by atoms with Crippen LogP contribution in [-0.4, -0.2) is 29.6 Å². The number of aromatic nitrogens is 1. The summed E-state index contributed by atoms with van der Waals surface area (Å²) in [6, 6.07) is 12.8. The Hall–Kier alpha value is -2.43. The Kier molecular flexibility index (Phi) is 5.31. The zero-order valence-electron chi connectivity index (χ0n) is 13.4. The number of nitriles is 1. The summed E-state index contributed by atoms with van der Waals surface area (Å²) in [5.74, 6) is 0.713. The van der Waals surface area contributed by atoms with Crippen LogP contribution in [0.1, 0.15) is 23.2 Å². The second kappa shape index (κ2) is 7.64. The summed E-state index contributed by atoms with van der Waals surface area (Å²) >= 11 is 3.36. The monoisotopic (exact) mass is 401 g/mol. The summed E-state index contributed by atoms with van der Waals surface area (Å²) in [4.78, 5) is 16.6. The Balaban J connectivity index is 1.66. The highest BCUT2D eigenvalue weighted by Crippen LogP contribution is 2.23. The molecular formula is C18H16BrN3O3. The quantitative estimate of drug-likeness (QED) is 0.847. The number of amides is 1. The number of hydrogen-bond donors (Lipinski definition) is 1. The van der Waals surface area contributed by atoms with E-state index in [1.807, 2.05) is 24.3 Å². The topological polar surface area (TPSA) is 84.2 Å². The highest BCUT2D eigenvalue weighted by atomic mass is 79.9. The lowest BCUT2D eigenvalue weighted by molar-refractivity contribution is 0.0531. The fraction of sp³-hybridized carbons (Fsp3) is 0.278. The van der Waals surface area contributed by atoms with Gasteiger partial charge in [0.05, 0.1) is 11.6 Å². The highest BCUT2D eigenvalue weighted by molar-refractivity contribution is 9.10. The van der Waals surface area contributed by atoms with Gasteiger partial charge in [0.1, 0.15) is 11.3 Å². The number of nitrogens with zero attached hydrogens (tertiary/aromatic N) is 2. The first-order valence-corrected chi connectivity index (χ1v) is 8.60. The molecule has 1 aliphatic heterocycles. The molecule has 1 N–H and O–H groups in total. The first kappa shape index (κ1) is 17.4. The number of carbonyl (C=O) groups is 1. The molecule has 1 aromatic heterocycles. The SMILES string of the molecule is N#CC1(NC(=O)c2ccc(Oc3ccc(Br)cc3)nc2)CCOCC1. The van der Waals surface area contributed by atoms with Crippen LogP contribution in [0.4, 0.5) is 0 Å². The lowest BCUT2D eigenvalue weighted by Gasteiger charge is -2.31. The number of halogens is 1. The van der Waals surface area contributed by atoms with Crippen molar-refractivity contribution in [2.45, 2.75) is 18.4 Å². The third-order valence-electron chi connectivity index (χ3n) is 3.95. The lowest BCUT2D eigenvalue weighted by atomic mass is 9.91. The molecule has 0 atom stereocenters. The van der Waals surface area contributed by atoms with Crippen molar-refractivity contribution in [2.24, 2.45) is 0 Å². The molecule has 1 saturated heterocycles. The molecule has 0 radical (unpaired) electrons. The number of benzene rings is 1. The Morgan fingerprint density at radius 3 is 2.56 bits per heavy atom. The number of hydrogen-bond acceptors (Lipinski definition) is 5. The van der Waals surface area contributed by atoms with Crippen molar-refractivity contribution in [3.8, 4) is 17.7 Å². The molecule has 0 bridgehead atoms. The van der Waals surface area contributed by atoms with E-state index in [1.165, 1.54) is 6.20 Å². The smallest absolute Gasteiger partial charge is 0.254 e. The maximum Gasteiger partial charge on any atom is 0.254 e. The number of nitrogens with one attached hydrogen (secondary N) is 1. The molecule has 1 aliphatic rings. The third kappa shape index (κ3) is 4.35. The molecule has 1 aromatic carbocycles. The average Bonchev–Trinajstić information content (AvgIpc) is 2.65. The van der Waals surface area contributed by atoms with Crippen LogP contribution < -0.4 is 10.1 Å². The molecule has 25 heavy (non-hydrogen) atoms. The van der Waals surface area contributed by atoms with Gasteiger partial charge in [0.25, 0.3) is 5.91 Å². The molecule has 2 heterocycles. The fourth-order valence-electron chi connectivity index (χ4n) is 2.47. The molecule has 3 rings (SSSR count). The van der Waals surface area contributed by atoms with Gasteiger partial charge in [0.15, 0.2) is 0 Å². The average molecular weight is 402 g/mol. The van der Waals surface area contributed by atoms with E-state index >= 15 is 0 Å². The van der Waals surface area contributed by atoms with E-state index in [0.29, 0.717) is 43.2 Å². The maximum atomic E-state index is 12.4. The van der Waals surface area contributed by atoms with Gasteiger partial charge in [-0.25, -0.2) is 4.98 Å². The second-order valence-electron chi connectivity index (χ2n) is 5.70. The van der Waals surface area contributed by atoms with Crippen LogP contribution in [0.3, 0.4) is 0 Å². The van der Waals surface area contributed by atoms with E-state index in [-0.39, 0.29) is 5.91 Å². The Labute approximate surface area is 153 Å². The minimum atomic E-state index is -0.873. The number of carbonyl (C=O) groups excluding carboxylic acids is 1. The summed E-state index contributed by atoms with van der Waals surface area (Å²) in [6.45, 7) is 0.929. The second-order valence-corrected chi connectivity index (χ2v) is 6.62. The molecule has 1 fully saturated rings. The van der Waals surface area contributed by atoms with Gasteiger partial charge >= 0.3 is 0 Å². The predicted molar refractivity (Wildman–Crippen MR) is 94.3 cm³/mol. The number of pyridine rings is 1. The van der Waals surface area contributed by atoms with Crippen molar-refractivity contribution in [1.29, 1.82) is 5.26 Å². The van der Waals surface area contributed by atoms with E-state index in [2.05, 4.69) is 32.3 Å². The van der Waals surface area contributed by atoms with E-state index in [1.54, 1.807) is 12.1 Å². The van der Waals surface area contributed by atoms with Gasteiger partial charge in [-0.3, -0.25) is 4.79 Å². The van der Waals surface area contributed by atoms with E-state index in [0.717, 1.165) is 4.47 Å². The van der Waals surface area contributed by atoms with Gasteiger partial charge in [-0.15, -0.1) is 0 Å². The largest absolute Gasteiger partial charge is 0.439 e. The summed E-state index contributed by atoms with van der Waals surface area (Å²) in [6.07, 6.45) is 2.40. The standard InChI is InChI=1S/C18H16BrN3O3/c19-14-2-4-15(5-3-14)25-16-6-1-13(11-21-16)17(23)22-18(12-20)7-9-24-10-8-18/h1-6,11H,7-10H2,(H,22,23). The molecule has 0 saturated carbocycles. The van der Waals surface area contributed by atoms with Gasteiger partial charge in [-0.1, -0.05) is 15.9 Å². The van der Waals surface area contributed by atoms with Crippen LogP contribution in [0.2, 0.25) is 0 Å². The van der Waals surface area contributed by atoms with Crippen LogP contribution in [0.25, 0.3) is 0 Å². The van der Waals surface area contributed by atoms with Crippen LogP contribution in [0, 0.1) is 11.3 Å². The molecule has 128 valence electrons. The lowest BCUT2D eigenvalue weighted by Crippen LogP contribution is -2.50. The van der Waals surface area contributed by atoms with Gasteiger partial charge < -0.3 is 14.8 Å². The minimum absolute atomic E-state index is 0.328. The third-order valence-corrected chi connectivity index (χ3v) is 4.48. The Bertz CT molecular complexity index is 779. The minimum Gasteiger partial charge on any atom is -0.439 e. The molecule has 2 aromatic rings. The first-order chi connectivity index (χ1) is 12.1. The van der Waals surface area contributed by atoms with Crippen LogP contribution in [-0.2, 0) is 4.74 Å². The van der Waals surface area contributed by atoms with E-state index in [4.69, 9.17) is 9.47 Å².